The minimum Gasteiger partial charge on any atom is -0.0859 e. The van der Waals surface area contributed by atoms with Gasteiger partial charge in [0.15, 0.2) is 0 Å². The second-order valence-corrected chi connectivity index (χ2v) is 5.23. The van der Waals surface area contributed by atoms with E-state index in [2.05, 4.69) is 58.0 Å². The molecule has 0 radical (unpaired) electrons. The smallest absolute Gasteiger partial charge is 0.0164 e. The van der Waals surface area contributed by atoms with Gasteiger partial charge in [-0.1, -0.05) is 48.4 Å². The first kappa shape index (κ1) is 14.0. The van der Waals surface area contributed by atoms with Crippen LogP contribution in [0.3, 0.4) is 0 Å². The van der Waals surface area contributed by atoms with Gasteiger partial charge in [0.2, 0.25) is 0 Å². The summed E-state index contributed by atoms with van der Waals surface area (Å²) in [5.74, 6) is 0.737. The van der Waals surface area contributed by atoms with Crippen molar-refractivity contribution in [2.45, 2.75) is 59.3 Å². The van der Waals surface area contributed by atoms with Crippen LogP contribution in [0.1, 0.15) is 63.5 Å². The molecule has 0 N–H and O–H groups in total. The fourth-order valence-corrected chi connectivity index (χ4v) is 2.20. The molecule has 94 valence electrons. The summed E-state index contributed by atoms with van der Waals surface area (Å²) in [7, 11) is 0. The Kier molecular flexibility index (Phi) is 6.04. The lowest BCUT2D eigenvalue weighted by Gasteiger charge is -2.15. The Hall–Kier alpha value is -1.04. The highest BCUT2D eigenvalue weighted by Gasteiger charge is 2.08. The molecule has 0 saturated carbocycles. The lowest BCUT2D eigenvalue weighted by Crippen LogP contribution is -1.97. The van der Waals surface area contributed by atoms with E-state index in [9.17, 15) is 0 Å². The minimum atomic E-state index is 0.737. The summed E-state index contributed by atoms with van der Waals surface area (Å²) in [5, 5.41) is 0. The maximum absolute atomic E-state index is 2.35. The molecule has 0 spiro atoms. The average Bonchev–Trinajstić information content (AvgIpc) is 2.30. The topological polar surface area (TPSA) is 0 Å². The summed E-state index contributed by atoms with van der Waals surface area (Å²) in [4.78, 5) is 0. The molecule has 0 aliphatic carbocycles. The van der Waals surface area contributed by atoms with Crippen molar-refractivity contribution < 1.29 is 0 Å². The molecule has 0 saturated heterocycles. The molecule has 0 aliphatic rings. The highest BCUT2D eigenvalue weighted by atomic mass is 14.1. The molecule has 1 aromatic rings. The second kappa shape index (κ2) is 7.32. The Morgan fingerprint density at radius 2 is 1.82 bits per heavy atom. The van der Waals surface area contributed by atoms with Gasteiger partial charge < -0.3 is 0 Å². The molecular weight excluding hydrogens is 204 g/mol. The van der Waals surface area contributed by atoms with Crippen molar-refractivity contribution >= 4 is 0 Å². The summed E-state index contributed by atoms with van der Waals surface area (Å²) >= 11 is 0. The molecule has 1 aromatic carbocycles. The van der Waals surface area contributed by atoms with Gasteiger partial charge in [0.25, 0.3) is 0 Å². The number of unbranched alkanes of at least 4 members (excludes halogenated alkanes) is 1. The fourth-order valence-electron chi connectivity index (χ4n) is 2.20. The summed E-state index contributed by atoms with van der Waals surface area (Å²) in [6, 6.07) is 9.05. The molecule has 0 aromatic heterocycles. The number of aryl methyl sites for hydroxylation is 1. The summed E-state index contributed by atoms with van der Waals surface area (Å²) in [5.41, 5.74) is 4.30. The first-order valence-corrected chi connectivity index (χ1v) is 6.83. The van der Waals surface area contributed by atoms with Gasteiger partial charge in [-0.25, -0.2) is 0 Å². The number of hydrogen-bond acceptors (Lipinski definition) is 0. The van der Waals surface area contributed by atoms with E-state index >= 15 is 0 Å². The van der Waals surface area contributed by atoms with Crippen LogP contribution in [0.5, 0.6) is 0 Å². The largest absolute Gasteiger partial charge is 0.0859 e. The van der Waals surface area contributed by atoms with Crippen molar-refractivity contribution in [1.82, 2.24) is 0 Å². The lowest BCUT2D eigenvalue weighted by atomic mass is 9.91. The summed E-state index contributed by atoms with van der Waals surface area (Å²) < 4.78 is 0. The van der Waals surface area contributed by atoms with Gasteiger partial charge in [-0.2, -0.15) is 0 Å². The standard InChI is InChI=1S/C17H26/c1-5-16(9-7-6-8-14(2)3)17-12-10-15(4)11-13-17/h8,10-13,16H,5-7,9H2,1-4H3. The molecule has 0 nitrogen and oxygen atoms in total. The third-order valence-electron chi connectivity index (χ3n) is 3.35. The monoisotopic (exact) mass is 230 g/mol. The predicted molar refractivity (Wildman–Crippen MR) is 77.5 cm³/mol. The van der Waals surface area contributed by atoms with E-state index in [1.807, 2.05) is 0 Å². The van der Waals surface area contributed by atoms with Crippen molar-refractivity contribution in [2.75, 3.05) is 0 Å². The van der Waals surface area contributed by atoms with Crippen LogP contribution in [0.2, 0.25) is 0 Å². The van der Waals surface area contributed by atoms with Gasteiger partial charge >= 0.3 is 0 Å². The van der Waals surface area contributed by atoms with E-state index in [1.54, 1.807) is 0 Å². The molecule has 0 heteroatoms. The Morgan fingerprint density at radius 3 is 2.35 bits per heavy atom. The molecule has 1 atom stereocenters. The quantitative estimate of drug-likeness (QED) is 0.439. The summed E-state index contributed by atoms with van der Waals surface area (Å²) in [6.07, 6.45) is 7.44. The highest BCUT2D eigenvalue weighted by Crippen LogP contribution is 2.25. The van der Waals surface area contributed by atoms with Gasteiger partial charge in [0.05, 0.1) is 0 Å². The van der Waals surface area contributed by atoms with Crippen LogP contribution in [0.4, 0.5) is 0 Å². The van der Waals surface area contributed by atoms with Gasteiger partial charge in [-0.15, -0.1) is 0 Å². The van der Waals surface area contributed by atoms with Crippen molar-refractivity contribution in [3.63, 3.8) is 0 Å². The molecule has 0 amide bonds. The van der Waals surface area contributed by atoms with Gasteiger partial charge in [0, 0.05) is 0 Å². The molecule has 0 heterocycles. The zero-order valence-corrected chi connectivity index (χ0v) is 11.8. The number of hydrogen-bond donors (Lipinski definition) is 0. The van der Waals surface area contributed by atoms with Crippen molar-refractivity contribution in [1.29, 1.82) is 0 Å². The highest BCUT2D eigenvalue weighted by molar-refractivity contribution is 5.24. The fraction of sp³-hybridized carbons (Fsp3) is 0.529. The van der Waals surface area contributed by atoms with Crippen LogP contribution in [-0.2, 0) is 0 Å². The Labute approximate surface area is 107 Å². The van der Waals surface area contributed by atoms with E-state index < -0.39 is 0 Å². The zero-order valence-electron chi connectivity index (χ0n) is 11.8. The van der Waals surface area contributed by atoms with Crippen LogP contribution in [0.15, 0.2) is 35.9 Å². The van der Waals surface area contributed by atoms with Crippen molar-refractivity contribution in [2.24, 2.45) is 0 Å². The van der Waals surface area contributed by atoms with E-state index in [1.165, 1.54) is 42.4 Å². The number of rotatable bonds is 6. The molecule has 0 fully saturated rings. The summed E-state index contributed by atoms with van der Waals surface area (Å²) in [6.45, 7) is 8.81. The van der Waals surface area contributed by atoms with Gasteiger partial charge in [-0.05, 0) is 57.9 Å². The van der Waals surface area contributed by atoms with E-state index in [-0.39, 0.29) is 0 Å². The van der Waals surface area contributed by atoms with Crippen molar-refractivity contribution in [3.8, 4) is 0 Å². The maximum Gasteiger partial charge on any atom is -0.0164 e. The molecule has 1 unspecified atom stereocenters. The average molecular weight is 230 g/mol. The Morgan fingerprint density at radius 1 is 1.18 bits per heavy atom. The SMILES string of the molecule is CCC(CCCC=C(C)C)c1ccc(C)cc1. The normalized spacial score (nSPS) is 12.2. The molecule has 17 heavy (non-hydrogen) atoms. The molecule has 1 rings (SSSR count). The lowest BCUT2D eigenvalue weighted by molar-refractivity contribution is 0.579. The Balaban J connectivity index is 2.48. The van der Waals surface area contributed by atoms with E-state index in [0.29, 0.717) is 0 Å². The molecule has 0 aliphatic heterocycles. The van der Waals surface area contributed by atoms with E-state index in [4.69, 9.17) is 0 Å². The minimum absolute atomic E-state index is 0.737. The zero-order chi connectivity index (χ0) is 12.7. The van der Waals surface area contributed by atoms with Gasteiger partial charge in [-0.3, -0.25) is 0 Å². The van der Waals surface area contributed by atoms with Crippen molar-refractivity contribution in [3.05, 3.63) is 47.0 Å². The van der Waals surface area contributed by atoms with Crippen LogP contribution >= 0.6 is 0 Å². The molecule has 0 bridgehead atoms. The number of benzene rings is 1. The van der Waals surface area contributed by atoms with Gasteiger partial charge in [0.1, 0.15) is 0 Å². The predicted octanol–water partition coefficient (Wildman–Crippen LogP) is 5.63. The van der Waals surface area contributed by atoms with Crippen LogP contribution in [0.25, 0.3) is 0 Å². The Bertz CT molecular complexity index is 339. The van der Waals surface area contributed by atoms with E-state index in [0.717, 1.165) is 5.92 Å². The molecular formula is C17H26. The first-order valence-electron chi connectivity index (χ1n) is 6.83. The third kappa shape index (κ3) is 5.21. The van der Waals surface area contributed by atoms with Crippen LogP contribution in [-0.4, -0.2) is 0 Å². The van der Waals surface area contributed by atoms with Crippen LogP contribution in [0, 0.1) is 6.92 Å². The second-order valence-electron chi connectivity index (χ2n) is 5.23. The number of allylic oxidation sites excluding steroid dienone is 2. The van der Waals surface area contributed by atoms with Crippen LogP contribution < -0.4 is 0 Å². The maximum atomic E-state index is 2.35. The first-order chi connectivity index (χ1) is 8.13. The third-order valence-corrected chi connectivity index (χ3v) is 3.35.